The Bertz CT molecular complexity index is 773. The van der Waals surface area contributed by atoms with Crippen LogP contribution in [0.2, 0.25) is 0 Å². The minimum absolute atomic E-state index is 0.0365. The fraction of sp³-hybridized carbons (Fsp3) is 0.400. The molecule has 1 atom stereocenters. The Balaban J connectivity index is 2.17. The van der Waals surface area contributed by atoms with Gasteiger partial charge in [-0.3, -0.25) is 4.79 Å². The van der Waals surface area contributed by atoms with Crippen LogP contribution in [0.25, 0.3) is 0 Å². The van der Waals surface area contributed by atoms with Crippen molar-refractivity contribution in [2.75, 3.05) is 0 Å². The molecule has 3 heteroatoms. The summed E-state index contributed by atoms with van der Waals surface area (Å²) in [6.45, 7) is 8.21. The van der Waals surface area contributed by atoms with Gasteiger partial charge in [-0.05, 0) is 31.2 Å². The van der Waals surface area contributed by atoms with Crippen LogP contribution in [0.1, 0.15) is 50.7 Å². The molecule has 0 radical (unpaired) electrons. The second-order valence-electron chi connectivity index (χ2n) is 7.45. The summed E-state index contributed by atoms with van der Waals surface area (Å²) in [6, 6.07) is 10.5. The molecular formula is C20H22N2O. The van der Waals surface area contributed by atoms with Crippen LogP contribution in [0.3, 0.4) is 0 Å². The summed E-state index contributed by atoms with van der Waals surface area (Å²) in [5.74, 6) is -0.0741. The van der Waals surface area contributed by atoms with Gasteiger partial charge in [0, 0.05) is 23.4 Å². The minimum Gasteiger partial charge on any atom is -0.361 e. The monoisotopic (exact) mass is 306 g/mol. The Morgan fingerprint density at radius 1 is 1.17 bits per heavy atom. The maximum atomic E-state index is 12.8. The van der Waals surface area contributed by atoms with Crippen LogP contribution in [0.5, 0.6) is 0 Å². The van der Waals surface area contributed by atoms with Gasteiger partial charge in [0.05, 0.1) is 17.6 Å². The third-order valence-corrected chi connectivity index (χ3v) is 4.77. The van der Waals surface area contributed by atoms with Crippen molar-refractivity contribution in [2.45, 2.75) is 46.5 Å². The highest BCUT2D eigenvalue weighted by atomic mass is 16.1. The molecule has 1 aliphatic heterocycles. The number of nitriles is 1. The average Bonchev–Trinajstić information content (AvgIpc) is 2.45. The van der Waals surface area contributed by atoms with E-state index in [1.54, 1.807) is 0 Å². The van der Waals surface area contributed by atoms with Crippen molar-refractivity contribution in [1.82, 2.24) is 5.32 Å². The number of aryl methyl sites for hydroxylation is 1. The smallest absolute Gasteiger partial charge is 0.162 e. The van der Waals surface area contributed by atoms with E-state index in [-0.39, 0.29) is 17.1 Å². The zero-order chi connectivity index (χ0) is 16.8. The van der Waals surface area contributed by atoms with Gasteiger partial charge in [0.25, 0.3) is 0 Å². The number of hydrogen-bond acceptors (Lipinski definition) is 3. The number of allylic oxidation sites excluding steroid dienone is 4. The van der Waals surface area contributed by atoms with Gasteiger partial charge in [-0.25, -0.2) is 0 Å². The molecule has 0 saturated heterocycles. The Labute approximate surface area is 137 Å². The predicted octanol–water partition coefficient (Wildman–Crippen LogP) is 4.12. The fourth-order valence-electron chi connectivity index (χ4n) is 3.68. The summed E-state index contributed by atoms with van der Waals surface area (Å²) >= 11 is 0. The van der Waals surface area contributed by atoms with E-state index in [1.165, 1.54) is 5.56 Å². The van der Waals surface area contributed by atoms with Gasteiger partial charge >= 0.3 is 0 Å². The lowest BCUT2D eigenvalue weighted by Gasteiger charge is -2.38. The zero-order valence-electron chi connectivity index (χ0n) is 14.2. The SMILES string of the molecule is CC1=C(C#N)[C@H](c2ccc(C)cc2)C2=C(CC(C)(C)CC2=O)N1. The van der Waals surface area contributed by atoms with Crippen LogP contribution in [-0.2, 0) is 4.79 Å². The molecule has 0 saturated carbocycles. The van der Waals surface area contributed by atoms with Gasteiger partial charge in [0.2, 0.25) is 0 Å². The molecule has 1 aromatic carbocycles. The second-order valence-corrected chi connectivity index (χ2v) is 7.45. The van der Waals surface area contributed by atoms with Crippen molar-refractivity contribution in [3.8, 4) is 6.07 Å². The summed E-state index contributed by atoms with van der Waals surface area (Å²) in [6.07, 6.45) is 1.38. The van der Waals surface area contributed by atoms with Crippen molar-refractivity contribution in [1.29, 1.82) is 5.26 Å². The maximum absolute atomic E-state index is 12.8. The lowest BCUT2D eigenvalue weighted by atomic mass is 9.69. The van der Waals surface area contributed by atoms with Gasteiger partial charge < -0.3 is 5.32 Å². The zero-order valence-corrected chi connectivity index (χ0v) is 14.2. The summed E-state index contributed by atoms with van der Waals surface area (Å²) in [5, 5.41) is 13.0. The summed E-state index contributed by atoms with van der Waals surface area (Å²) < 4.78 is 0. The van der Waals surface area contributed by atoms with E-state index in [0.717, 1.165) is 29.0 Å². The topological polar surface area (TPSA) is 52.9 Å². The molecule has 1 heterocycles. The quantitative estimate of drug-likeness (QED) is 0.849. The first kappa shape index (κ1) is 15.6. The van der Waals surface area contributed by atoms with Crippen molar-refractivity contribution in [2.24, 2.45) is 5.41 Å². The summed E-state index contributed by atoms with van der Waals surface area (Å²) in [5.41, 5.74) is 5.46. The minimum atomic E-state index is -0.236. The Kier molecular flexibility index (Phi) is 3.64. The number of rotatable bonds is 1. The van der Waals surface area contributed by atoms with Crippen LogP contribution in [0.15, 0.2) is 46.8 Å². The molecule has 1 N–H and O–H groups in total. The van der Waals surface area contributed by atoms with Crippen LogP contribution in [-0.4, -0.2) is 5.78 Å². The van der Waals surface area contributed by atoms with Crippen molar-refractivity contribution < 1.29 is 4.79 Å². The van der Waals surface area contributed by atoms with Crippen LogP contribution in [0, 0.1) is 23.7 Å². The number of dihydropyridines is 1. The molecule has 118 valence electrons. The molecule has 0 unspecified atom stereocenters. The fourth-order valence-corrected chi connectivity index (χ4v) is 3.68. The van der Waals surface area contributed by atoms with Gasteiger partial charge in [0.1, 0.15) is 0 Å². The van der Waals surface area contributed by atoms with E-state index in [0.29, 0.717) is 12.0 Å². The molecule has 1 aliphatic carbocycles. The maximum Gasteiger partial charge on any atom is 0.162 e. The number of ketones is 1. The Hall–Kier alpha value is -2.34. The molecule has 2 aliphatic rings. The van der Waals surface area contributed by atoms with Gasteiger partial charge in [0.15, 0.2) is 5.78 Å². The lowest BCUT2D eigenvalue weighted by Crippen LogP contribution is -2.36. The average molecular weight is 306 g/mol. The molecule has 23 heavy (non-hydrogen) atoms. The van der Waals surface area contributed by atoms with Crippen LogP contribution >= 0.6 is 0 Å². The first-order valence-electron chi connectivity index (χ1n) is 8.03. The highest BCUT2D eigenvalue weighted by Gasteiger charge is 2.40. The predicted molar refractivity (Wildman–Crippen MR) is 90.4 cm³/mol. The molecular weight excluding hydrogens is 284 g/mol. The molecule has 0 spiro atoms. The van der Waals surface area contributed by atoms with E-state index >= 15 is 0 Å². The summed E-state index contributed by atoms with van der Waals surface area (Å²) in [7, 11) is 0. The van der Waals surface area contributed by atoms with Gasteiger partial charge in [-0.2, -0.15) is 5.26 Å². The number of carbonyl (C=O) groups is 1. The standard InChI is InChI=1S/C20H22N2O/c1-12-5-7-14(8-6-12)18-15(11-21)13(2)22-16-9-20(3,4)10-17(23)19(16)18/h5-8,18,22H,9-10H2,1-4H3/t18-/m0/s1. The number of benzene rings is 1. The molecule has 0 amide bonds. The molecule has 3 nitrogen and oxygen atoms in total. The third-order valence-electron chi connectivity index (χ3n) is 4.77. The van der Waals surface area contributed by atoms with Crippen molar-refractivity contribution >= 4 is 5.78 Å². The first-order chi connectivity index (χ1) is 10.8. The lowest BCUT2D eigenvalue weighted by molar-refractivity contribution is -0.118. The largest absolute Gasteiger partial charge is 0.361 e. The number of carbonyl (C=O) groups excluding carboxylic acids is 1. The van der Waals surface area contributed by atoms with Crippen LogP contribution < -0.4 is 5.32 Å². The Morgan fingerprint density at radius 2 is 1.83 bits per heavy atom. The number of Topliss-reactive ketones (excluding diaryl/α,β-unsaturated/α-hetero) is 1. The Morgan fingerprint density at radius 3 is 2.43 bits per heavy atom. The normalized spacial score (nSPS) is 23.3. The highest BCUT2D eigenvalue weighted by Crippen LogP contribution is 2.46. The second kappa shape index (κ2) is 5.38. The van der Waals surface area contributed by atoms with E-state index < -0.39 is 0 Å². The van der Waals surface area contributed by atoms with E-state index in [1.807, 2.05) is 38.1 Å². The number of nitrogens with zero attached hydrogens (tertiary/aromatic N) is 1. The highest BCUT2D eigenvalue weighted by molar-refractivity contribution is 6.00. The van der Waals surface area contributed by atoms with Crippen molar-refractivity contribution in [3.63, 3.8) is 0 Å². The van der Waals surface area contributed by atoms with E-state index in [4.69, 9.17) is 0 Å². The number of nitrogens with one attached hydrogen (secondary N) is 1. The third kappa shape index (κ3) is 2.70. The van der Waals surface area contributed by atoms with Gasteiger partial charge in [-0.15, -0.1) is 0 Å². The molecule has 0 aromatic heterocycles. The van der Waals surface area contributed by atoms with E-state index in [9.17, 15) is 10.1 Å². The van der Waals surface area contributed by atoms with Crippen LogP contribution in [0.4, 0.5) is 0 Å². The van der Waals surface area contributed by atoms with Gasteiger partial charge in [-0.1, -0.05) is 43.7 Å². The van der Waals surface area contributed by atoms with Crippen molar-refractivity contribution in [3.05, 3.63) is 57.9 Å². The molecule has 0 bridgehead atoms. The first-order valence-corrected chi connectivity index (χ1v) is 8.03. The molecule has 1 aromatic rings. The summed E-state index contributed by atoms with van der Waals surface area (Å²) in [4.78, 5) is 12.8. The number of hydrogen-bond donors (Lipinski definition) is 1. The van der Waals surface area contributed by atoms with E-state index in [2.05, 4.69) is 25.2 Å². The molecule has 0 fully saturated rings. The molecule has 3 rings (SSSR count).